The van der Waals surface area contributed by atoms with Gasteiger partial charge in [0.1, 0.15) is 6.61 Å². The molecular formula is C24H33NO6P+. The molecule has 0 aromatic heterocycles. The van der Waals surface area contributed by atoms with Crippen LogP contribution in [0, 0.1) is 5.92 Å². The Kier molecular flexibility index (Phi) is 6.94. The first-order valence-electron chi connectivity index (χ1n) is 11.4. The zero-order chi connectivity index (χ0) is 22.8. The molecule has 0 bridgehead atoms. The van der Waals surface area contributed by atoms with Crippen LogP contribution in [0.1, 0.15) is 42.9 Å². The monoisotopic (exact) mass is 462 g/mol. The molecule has 3 N–H and O–H groups in total. The Balaban J connectivity index is 1.56. The van der Waals surface area contributed by atoms with Crippen LogP contribution in [-0.4, -0.2) is 45.2 Å². The Morgan fingerprint density at radius 2 is 1.91 bits per heavy atom. The van der Waals surface area contributed by atoms with E-state index in [2.05, 4.69) is 6.92 Å². The number of phosphoric ester groups is 1. The van der Waals surface area contributed by atoms with E-state index in [1.807, 2.05) is 42.5 Å². The highest BCUT2D eigenvalue weighted by atomic mass is 31.2. The number of hydrogen-bond donors (Lipinski definition) is 3. The van der Waals surface area contributed by atoms with Crippen molar-refractivity contribution in [1.29, 1.82) is 0 Å². The van der Waals surface area contributed by atoms with Crippen LogP contribution in [0.25, 0.3) is 0 Å². The van der Waals surface area contributed by atoms with Gasteiger partial charge in [-0.25, -0.2) is 9.09 Å². The Bertz CT molecular complexity index is 974. The van der Waals surface area contributed by atoms with Gasteiger partial charge in [-0.1, -0.05) is 43.3 Å². The molecule has 174 valence electrons. The molecule has 8 heteroatoms. The van der Waals surface area contributed by atoms with Crippen LogP contribution in [0.3, 0.4) is 0 Å². The molecule has 0 saturated carbocycles. The van der Waals surface area contributed by atoms with Crippen LogP contribution in [0.4, 0.5) is 0 Å². The minimum Gasteiger partial charge on any atom is -0.504 e. The number of quaternary nitrogens is 1. The van der Waals surface area contributed by atoms with E-state index < -0.39 is 7.82 Å². The number of nitrogens with zero attached hydrogens (tertiary/aromatic N) is 1. The van der Waals surface area contributed by atoms with Gasteiger partial charge in [0.05, 0.1) is 19.1 Å². The van der Waals surface area contributed by atoms with Gasteiger partial charge in [-0.2, -0.15) is 0 Å². The topological polar surface area (TPSA) is 96.2 Å². The van der Waals surface area contributed by atoms with Gasteiger partial charge in [-0.15, -0.1) is 0 Å². The maximum atomic E-state index is 11.4. The molecule has 3 atom stereocenters. The molecule has 1 aliphatic heterocycles. The number of hydrogen-bond acceptors (Lipinski definition) is 4. The summed E-state index contributed by atoms with van der Waals surface area (Å²) < 4.78 is 23.0. The first-order valence-corrected chi connectivity index (χ1v) is 12.9. The van der Waals surface area contributed by atoms with Crippen LogP contribution < -0.4 is 4.74 Å². The number of phosphoric acid groups is 1. The van der Waals surface area contributed by atoms with Gasteiger partial charge in [-0.3, -0.25) is 4.48 Å². The van der Waals surface area contributed by atoms with Gasteiger partial charge >= 0.3 is 7.82 Å². The lowest BCUT2D eigenvalue weighted by Crippen LogP contribution is -2.64. The van der Waals surface area contributed by atoms with Crippen molar-refractivity contribution < 1.29 is 33.2 Å². The molecule has 0 radical (unpaired) electrons. The lowest BCUT2D eigenvalue weighted by atomic mass is 9.73. The standard InChI is InChI=1S/C24H32NO6P/c1-2-12-25(17-31-32(27,28)29)13-6-9-20-14-21-19(15-22(20)25)10-11-23(24(21)26)30-16-18-7-4-3-5-8-18/h3-5,7-8,10-11,20,22H,2,6,9,12-17H2,1H3,(H2-,26,27,28,29)/p+1/t20-,22-,25-/m1/s1. The summed E-state index contributed by atoms with van der Waals surface area (Å²) in [4.78, 5) is 18.6. The Hall–Kier alpha value is -1.89. The third-order valence-corrected chi connectivity index (χ3v) is 7.51. The number of fused-ring (bicyclic) bond motifs is 2. The highest BCUT2D eigenvalue weighted by molar-refractivity contribution is 7.46. The SMILES string of the molecule is CCC[N@+]1(COP(=O)(O)O)CCC[C@@H]2Cc3c(ccc(OCc4ccccc4)c3O)C[C@H]21. The molecule has 4 rings (SSSR count). The lowest BCUT2D eigenvalue weighted by molar-refractivity contribution is -0.973. The summed E-state index contributed by atoms with van der Waals surface area (Å²) in [6.45, 7) is 4.20. The normalized spacial score (nSPS) is 25.1. The van der Waals surface area contributed by atoms with Crippen molar-refractivity contribution in [3.8, 4) is 11.5 Å². The summed E-state index contributed by atoms with van der Waals surface area (Å²) in [7, 11) is -4.53. The maximum Gasteiger partial charge on any atom is 0.474 e. The smallest absolute Gasteiger partial charge is 0.474 e. The first kappa shape index (κ1) is 23.3. The second-order valence-electron chi connectivity index (χ2n) is 9.12. The highest BCUT2D eigenvalue weighted by Gasteiger charge is 2.48. The fourth-order valence-corrected chi connectivity index (χ4v) is 6.01. The van der Waals surface area contributed by atoms with E-state index in [1.54, 1.807) is 0 Å². The largest absolute Gasteiger partial charge is 0.504 e. The number of likely N-dealkylation sites (tertiary alicyclic amines) is 1. The molecule has 1 fully saturated rings. The van der Waals surface area contributed by atoms with Crippen molar-refractivity contribution in [3.63, 3.8) is 0 Å². The van der Waals surface area contributed by atoms with Crippen LogP contribution in [0.5, 0.6) is 11.5 Å². The van der Waals surface area contributed by atoms with Crippen molar-refractivity contribution in [2.45, 2.75) is 51.7 Å². The predicted molar refractivity (Wildman–Crippen MR) is 121 cm³/mol. The van der Waals surface area contributed by atoms with Gasteiger partial charge in [0.25, 0.3) is 0 Å². The summed E-state index contributed by atoms with van der Waals surface area (Å²) in [6, 6.07) is 14.0. The van der Waals surface area contributed by atoms with E-state index in [0.717, 1.165) is 61.9 Å². The number of phenols is 1. The van der Waals surface area contributed by atoms with Crippen molar-refractivity contribution in [3.05, 3.63) is 59.2 Å². The summed E-state index contributed by atoms with van der Waals surface area (Å²) in [5, 5.41) is 11.0. The van der Waals surface area contributed by atoms with Gasteiger partial charge in [0, 0.05) is 17.9 Å². The predicted octanol–water partition coefficient (Wildman–Crippen LogP) is 4.14. The average Bonchev–Trinajstić information content (AvgIpc) is 2.77. The fourth-order valence-electron chi connectivity index (χ4n) is 5.63. The van der Waals surface area contributed by atoms with E-state index in [-0.39, 0.29) is 18.5 Å². The molecule has 2 aromatic rings. The fraction of sp³-hybridized carbons (Fsp3) is 0.500. The lowest BCUT2D eigenvalue weighted by Gasteiger charge is -2.52. The van der Waals surface area contributed by atoms with Crippen LogP contribution in [-0.2, 0) is 28.5 Å². The number of ether oxygens (including phenoxy) is 1. The van der Waals surface area contributed by atoms with E-state index in [0.29, 0.717) is 22.8 Å². The third kappa shape index (κ3) is 5.03. The van der Waals surface area contributed by atoms with E-state index in [4.69, 9.17) is 9.26 Å². The molecule has 1 saturated heterocycles. The molecule has 7 nitrogen and oxygen atoms in total. The van der Waals surface area contributed by atoms with Gasteiger partial charge in [0.15, 0.2) is 18.2 Å². The molecular weight excluding hydrogens is 429 g/mol. The average molecular weight is 463 g/mol. The van der Waals surface area contributed by atoms with Gasteiger partial charge in [0.2, 0.25) is 0 Å². The quantitative estimate of drug-likeness (QED) is 0.403. The second kappa shape index (κ2) is 9.54. The number of benzene rings is 2. The van der Waals surface area contributed by atoms with Crippen molar-refractivity contribution in [1.82, 2.24) is 0 Å². The molecule has 0 amide bonds. The number of aromatic hydroxyl groups is 1. The minimum absolute atomic E-state index is 0.0267. The number of piperidine rings is 1. The summed E-state index contributed by atoms with van der Waals surface area (Å²) in [5.41, 5.74) is 3.08. The second-order valence-corrected chi connectivity index (χ2v) is 10.4. The van der Waals surface area contributed by atoms with Crippen LogP contribution in [0.2, 0.25) is 0 Å². The maximum absolute atomic E-state index is 11.4. The van der Waals surface area contributed by atoms with E-state index in [9.17, 15) is 19.5 Å². The van der Waals surface area contributed by atoms with E-state index >= 15 is 0 Å². The molecule has 0 spiro atoms. The molecule has 0 unspecified atom stereocenters. The Morgan fingerprint density at radius 1 is 1.12 bits per heavy atom. The van der Waals surface area contributed by atoms with Crippen LogP contribution >= 0.6 is 7.82 Å². The molecule has 1 heterocycles. The van der Waals surface area contributed by atoms with Crippen molar-refractivity contribution in [2.24, 2.45) is 5.92 Å². The number of rotatable bonds is 8. The van der Waals surface area contributed by atoms with Crippen molar-refractivity contribution >= 4 is 7.82 Å². The Morgan fingerprint density at radius 3 is 2.62 bits per heavy atom. The number of phenolic OH excluding ortho intramolecular Hbond substituents is 1. The molecule has 1 aliphatic carbocycles. The zero-order valence-corrected chi connectivity index (χ0v) is 19.4. The Labute approximate surface area is 189 Å². The van der Waals surface area contributed by atoms with Gasteiger partial charge < -0.3 is 19.6 Å². The molecule has 2 aromatic carbocycles. The van der Waals surface area contributed by atoms with Crippen molar-refractivity contribution in [2.75, 3.05) is 19.8 Å². The zero-order valence-electron chi connectivity index (χ0n) is 18.5. The van der Waals surface area contributed by atoms with Gasteiger partial charge in [-0.05, 0) is 42.9 Å². The first-order chi connectivity index (χ1) is 15.3. The van der Waals surface area contributed by atoms with E-state index in [1.165, 1.54) is 0 Å². The highest BCUT2D eigenvalue weighted by Crippen LogP contribution is 2.46. The molecule has 2 aliphatic rings. The minimum atomic E-state index is -4.53. The summed E-state index contributed by atoms with van der Waals surface area (Å²) in [6.07, 6.45) is 4.44. The summed E-state index contributed by atoms with van der Waals surface area (Å²) in [5.74, 6) is 1.06. The summed E-state index contributed by atoms with van der Waals surface area (Å²) >= 11 is 0. The van der Waals surface area contributed by atoms with Crippen LogP contribution in [0.15, 0.2) is 42.5 Å². The third-order valence-electron chi connectivity index (χ3n) is 7.05. The molecule has 32 heavy (non-hydrogen) atoms.